The molecule has 1 aliphatic heterocycles. The first-order valence-electron chi connectivity index (χ1n) is 11.4. The quantitative estimate of drug-likeness (QED) is 0.419. The van der Waals surface area contributed by atoms with Crippen molar-refractivity contribution in [1.82, 2.24) is 15.1 Å². The molecule has 3 N–H and O–H groups in total. The van der Waals surface area contributed by atoms with E-state index in [1.165, 1.54) is 5.56 Å². The van der Waals surface area contributed by atoms with E-state index in [9.17, 15) is 4.79 Å². The molecule has 1 aliphatic rings. The average Bonchev–Trinajstić information content (AvgIpc) is 3.15. The van der Waals surface area contributed by atoms with Gasteiger partial charge in [-0.05, 0) is 34.8 Å². The van der Waals surface area contributed by atoms with Gasteiger partial charge in [0.05, 0.1) is 42.6 Å². The third kappa shape index (κ3) is 3.00. The topological polar surface area (TPSA) is 72.9 Å². The minimum absolute atomic E-state index is 0.0342. The third-order valence-corrected chi connectivity index (χ3v) is 9.28. The van der Waals surface area contributed by atoms with Gasteiger partial charge in [-0.2, -0.15) is 5.10 Å². The van der Waals surface area contributed by atoms with Crippen LogP contribution in [0.3, 0.4) is 0 Å². The number of primary amides is 1. The van der Waals surface area contributed by atoms with E-state index in [4.69, 9.17) is 5.73 Å². The Bertz CT molecular complexity index is 1210. The summed E-state index contributed by atoms with van der Waals surface area (Å²) in [5.74, 6) is -0.0639. The lowest BCUT2D eigenvalue weighted by atomic mass is 9.12. The molecular formula is C19H28B8N4O. The van der Waals surface area contributed by atoms with Crippen LogP contribution in [0.5, 0.6) is 0 Å². The molecule has 0 saturated carbocycles. The summed E-state index contributed by atoms with van der Waals surface area (Å²) >= 11 is 0. The molecule has 0 radical (unpaired) electrons. The Morgan fingerprint density at radius 2 is 1.62 bits per heavy atom. The Morgan fingerprint density at radius 3 is 2.22 bits per heavy atom. The lowest BCUT2D eigenvalue weighted by Gasteiger charge is -2.69. The van der Waals surface area contributed by atoms with E-state index in [1.807, 2.05) is 23.0 Å². The SMILES string of the molecule is BC1NC(B)(B)[C@](B)(c2ccc(-n3cc4cccc(C(N)=O)c4n3)cc2)C(B)(B)C1(B)B. The van der Waals surface area contributed by atoms with Gasteiger partial charge in [0.1, 0.15) is 36.9 Å². The standard InChI is InChI=1S/C19H28B8N4O/c20-15-17(22,23)18(24,25)16(21,19(26,27)29-15)10-4-6-11(7-5-10)31-8-9-2-1-3-12(14(28)32)13(9)30-31/h1-8,15,29H,20-27H2,(H2,28,32)/t15?,16-/m0/s1. The highest BCUT2D eigenvalue weighted by atomic mass is 16.1. The van der Waals surface area contributed by atoms with E-state index in [-0.39, 0.29) is 21.1 Å². The zero-order valence-electron chi connectivity index (χ0n) is 20.6. The molecule has 2 atom stereocenters. The lowest BCUT2D eigenvalue weighted by Crippen LogP contribution is -2.78. The molecule has 13 heteroatoms. The molecule has 1 fully saturated rings. The monoisotopic (exact) mass is 416 g/mol. The first kappa shape index (κ1) is 23.0. The summed E-state index contributed by atoms with van der Waals surface area (Å²) in [5.41, 5.74) is 8.86. The van der Waals surface area contributed by atoms with Crippen LogP contribution in [-0.4, -0.2) is 89.7 Å². The summed E-state index contributed by atoms with van der Waals surface area (Å²) in [5, 5.41) is 9.39. The van der Waals surface area contributed by atoms with Crippen molar-refractivity contribution in [1.29, 1.82) is 0 Å². The van der Waals surface area contributed by atoms with Crippen LogP contribution in [0.4, 0.5) is 0 Å². The summed E-state index contributed by atoms with van der Waals surface area (Å²) in [4.78, 5) is 11.8. The van der Waals surface area contributed by atoms with E-state index < -0.39 is 5.91 Å². The van der Waals surface area contributed by atoms with E-state index in [0.717, 1.165) is 11.1 Å². The summed E-state index contributed by atoms with van der Waals surface area (Å²) in [7, 11) is 18.9. The predicted molar refractivity (Wildman–Crippen MR) is 155 cm³/mol. The molecular weight excluding hydrogens is 387 g/mol. The van der Waals surface area contributed by atoms with Crippen molar-refractivity contribution in [2.75, 3.05) is 0 Å². The maximum absolute atomic E-state index is 11.8. The van der Waals surface area contributed by atoms with Gasteiger partial charge in [-0.15, -0.1) is 0 Å². The van der Waals surface area contributed by atoms with Crippen LogP contribution in [-0.2, 0) is 5.31 Å². The number of nitrogens with zero attached hydrogens (tertiary/aromatic N) is 2. The Balaban J connectivity index is 1.79. The number of fused-ring (bicyclic) bond motifs is 1. The second kappa shape index (κ2) is 7.18. The van der Waals surface area contributed by atoms with E-state index in [2.05, 4.69) is 97.5 Å². The van der Waals surface area contributed by atoms with Crippen LogP contribution >= 0.6 is 0 Å². The molecule has 5 nitrogen and oxygen atoms in total. The minimum atomic E-state index is -0.463. The van der Waals surface area contributed by atoms with Gasteiger partial charge in [-0.3, -0.25) is 4.79 Å². The van der Waals surface area contributed by atoms with E-state index in [0.29, 0.717) is 17.0 Å². The van der Waals surface area contributed by atoms with Gasteiger partial charge in [-0.25, -0.2) is 4.68 Å². The van der Waals surface area contributed by atoms with Crippen LogP contribution in [0.15, 0.2) is 48.7 Å². The Morgan fingerprint density at radius 1 is 1.00 bits per heavy atom. The summed E-state index contributed by atoms with van der Waals surface area (Å²) < 4.78 is 1.82. The van der Waals surface area contributed by atoms with Crippen LogP contribution in [0.1, 0.15) is 15.9 Å². The number of hydrogen-bond acceptors (Lipinski definition) is 3. The Hall–Kier alpha value is -2.14. The number of hydrogen-bond donors (Lipinski definition) is 2. The first-order valence-corrected chi connectivity index (χ1v) is 11.4. The maximum Gasteiger partial charge on any atom is 0.250 e. The molecule has 154 valence electrons. The van der Waals surface area contributed by atoms with Gasteiger partial charge in [-0.1, -0.05) is 40.3 Å². The molecule has 1 unspecified atom stereocenters. The lowest BCUT2D eigenvalue weighted by molar-refractivity contribution is 0.100. The van der Waals surface area contributed by atoms with Gasteiger partial charge in [0.15, 0.2) is 0 Å². The molecule has 2 aromatic carbocycles. The largest absolute Gasteiger partial charge is 0.366 e. The van der Waals surface area contributed by atoms with Crippen LogP contribution in [0.25, 0.3) is 16.6 Å². The maximum atomic E-state index is 11.8. The van der Waals surface area contributed by atoms with Crippen molar-refractivity contribution < 1.29 is 4.79 Å². The zero-order valence-corrected chi connectivity index (χ0v) is 20.6. The average molecular weight is 415 g/mol. The Labute approximate surface area is 197 Å². The number of benzene rings is 2. The number of rotatable bonds is 3. The highest BCUT2D eigenvalue weighted by molar-refractivity contribution is 6.61. The number of carbonyl (C=O) groups is 1. The molecule has 1 amide bonds. The van der Waals surface area contributed by atoms with Crippen molar-refractivity contribution in [3.63, 3.8) is 0 Å². The zero-order chi connectivity index (χ0) is 23.7. The number of carbonyl (C=O) groups excluding carboxylic acids is 1. The van der Waals surface area contributed by atoms with Crippen molar-refractivity contribution in [2.24, 2.45) is 5.73 Å². The molecule has 2 heterocycles. The number of amides is 1. The molecule has 1 aromatic heterocycles. The van der Waals surface area contributed by atoms with Crippen LogP contribution in [0, 0.1) is 0 Å². The molecule has 1 saturated heterocycles. The summed E-state index contributed by atoms with van der Waals surface area (Å²) in [6, 6.07) is 14.2. The van der Waals surface area contributed by atoms with E-state index in [1.54, 1.807) is 6.07 Å². The third-order valence-electron chi connectivity index (χ3n) is 9.28. The highest BCUT2D eigenvalue weighted by Gasteiger charge is 2.61. The number of nitrogens with one attached hydrogen (secondary N) is 1. The predicted octanol–water partition coefficient (Wildman–Crippen LogP) is -5.80. The second-order valence-electron chi connectivity index (χ2n) is 11.2. The normalized spacial score (nSPS) is 25.9. The fourth-order valence-corrected chi connectivity index (χ4v) is 5.88. The molecule has 32 heavy (non-hydrogen) atoms. The fourth-order valence-electron chi connectivity index (χ4n) is 5.88. The van der Waals surface area contributed by atoms with Crippen LogP contribution < -0.4 is 11.1 Å². The number of nitrogens with two attached hydrogens (primary N) is 1. The van der Waals surface area contributed by atoms with Crippen molar-refractivity contribution in [3.05, 3.63) is 59.8 Å². The fraction of sp³-hybridized carbons (Fsp3) is 0.263. The van der Waals surface area contributed by atoms with Crippen molar-refractivity contribution in [2.45, 2.75) is 27.0 Å². The van der Waals surface area contributed by atoms with Gasteiger partial charge in [0, 0.05) is 11.6 Å². The first-order chi connectivity index (χ1) is 14.7. The molecule has 0 bridgehead atoms. The van der Waals surface area contributed by atoms with Gasteiger partial charge >= 0.3 is 0 Å². The number of piperidine rings is 1. The summed E-state index contributed by atoms with van der Waals surface area (Å²) in [6.45, 7) is 0. The van der Waals surface area contributed by atoms with Crippen molar-refractivity contribution >= 4 is 79.6 Å². The Kier molecular flexibility index (Phi) is 5.17. The number of aromatic nitrogens is 2. The molecule has 3 aromatic rings. The smallest absolute Gasteiger partial charge is 0.250 e. The van der Waals surface area contributed by atoms with E-state index >= 15 is 0 Å². The van der Waals surface area contributed by atoms with Crippen LogP contribution in [0.2, 0.25) is 10.4 Å². The van der Waals surface area contributed by atoms with Crippen molar-refractivity contribution in [3.8, 4) is 5.69 Å². The van der Waals surface area contributed by atoms with Gasteiger partial charge in [0.25, 0.3) is 5.91 Å². The summed E-state index contributed by atoms with van der Waals surface area (Å²) in [6.07, 6.45) is 1.94. The molecule has 0 aliphatic carbocycles. The highest BCUT2D eigenvalue weighted by Crippen LogP contribution is 2.61. The molecule has 4 rings (SSSR count). The minimum Gasteiger partial charge on any atom is -0.366 e. The van der Waals surface area contributed by atoms with Gasteiger partial charge < -0.3 is 11.1 Å². The second-order valence-corrected chi connectivity index (χ2v) is 11.2. The molecule has 0 spiro atoms. The van der Waals surface area contributed by atoms with Gasteiger partial charge in [0.2, 0.25) is 0 Å².